The minimum absolute atomic E-state index is 0.0370. The van der Waals surface area contributed by atoms with Gasteiger partial charge in [0.1, 0.15) is 15.4 Å². The van der Waals surface area contributed by atoms with E-state index in [-0.39, 0.29) is 27.7 Å². The normalized spacial score (nSPS) is 11.5. The molecule has 2 amide bonds. The molecule has 172 valence electrons. The highest BCUT2D eigenvalue weighted by atomic mass is 32.1. The van der Waals surface area contributed by atoms with Crippen molar-refractivity contribution in [3.05, 3.63) is 46.5 Å². The van der Waals surface area contributed by atoms with Crippen molar-refractivity contribution in [1.29, 1.82) is 0 Å². The number of hydrogen-bond acceptors (Lipinski definition) is 6. The maximum atomic E-state index is 13.6. The van der Waals surface area contributed by atoms with Crippen LogP contribution >= 0.6 is 11.3 Å². The fourth-order valence-electron chi connectivity index (χ4n) is 3.50. The van der Waals surface area contributed by atoms with Gasteiger partial charge in [0, 0.05) is 42.9 Å². The first kappa shape index (κ1) is 22.5. The van der Waals surface area contributed by atoms with E-state index in [1.807, 2.05) is 13.0 Å². The zero-order valence-corrected chi connectivity index (χ0v) is 18.9. The summed E-state index contributed by atoms with van der Waals surface area (Å²) in [6.07, 6.45) is 0.573. The number of carbonyl (C=O) groups excluding carboxylic acids is 2. The molecule has 0 saturated heterocycles. The van der Waals surface area contributed by atoms with Crippen molar-refractivity contribution >= 4 is 39.1 Å². The van der Waals surface area contributed by atoms with E-state index in [2.05, 4.69) is 20.5 Å². The highest BCUT2D eigenvalue weighted by Crippen LogP contribution is 2.43. The van der Waals surface area contributed by atoms with Gasteiger partial charge in [-0.2, -0.15) is 10.2 Å². The van der Waals surface area contributed by atoms with E-state index in [1.54, 1.807) is 35.7 Å². The number of alkyl halides is 2. The van der Waals surface area contributed by atoms with Crippen molar-refractivity contribution in [2.75, 3.05) is 5.32 Å². The van der Waals surface area contributed by atoms with Gasteiger partial charge in [-0.25, -0.2) is 13.8 Å². The quantitative estimate of drug-likeness (QED) is 0.425. The topological polar surface area (TPSA) is 121 Å². The summed E-state index contributed by atoms with van der Waals surface area (Å²) < 4.78 is 30.4. The Bertz CT molecular complexity index is 1370. The molecule has 0 atom stereocenters. The number of hydrogen-bond donors (Lipinski definition) is 2. The Labute approximate surface area is 191 Å². The molecule has 3 N–H and O–H groups in total. The number of fused-ring (bicyclic) bond motifs is 1. The van der Waals surface area contributed by atoms with Gasteiger partial charge in [0.05, 0.1) is 17.6 Å². The number of halogens is 2. The Morgan fingerprint density at radius 1 is 1.27 bits per heavy atom. The molecule has 4 rings (SSSR count). The van der Waals surface area contributed by atoms with E-state index in [0.717, 1.165) is 22.7 Å². The second-order valence-electron chi connectivity index (χ2n) is 7.53. The van der Waals surface area contributed by atoms with Crippen molar-refractivity contribution in [3.63, 3.8) is 0 Å². The number of carbonyl (C=O) groups is 2. The standard InChI is InChI=1S/C21H21F2N7O2S/c1-10-4-6-30(28-10)7-5-15(31)27-17-16-12(13-9-25-29(3)11(13)2)8-14(19(22)23)26-21(16)33-18(17)20(24)32/h4,6,8-9,19H,5,7H2,1-3H3,(H2,24,32)(H,27,31). The van der Waals surface area contributed by atoms with Gasteiger partial charge >= 0.3 is 0 Å². The van der Waals surface area contributed by atoms with Crippen LogP contribution in [0.3, 0.4) is 0 Å². The summed E-state index contributed by atoms with van der Waals surface area (Å²) in [5.74, 6) is -1.17. The van der Waals surface area contributed by atoms with Crippen LogP contribution in [0, 0.1) is 13.8 Å². The molecule has 0 bridgehead atoms. The van der Waals surface area contributed by atoms with Gasteiger partial charge in [-0.05, 0) is 31.5 Å². The number of anilines is 1. The zero-order chi connectivity index (χ0) is 23.9. The number of nitrogens with zero attached hydrogens (tertiary/aromatic N) is 5. The predicted molar refractivity (Wildman–Crippen MR) is 120 cm³/mol. The summed E-state index contributed by atoms with van der Waals surface area (Å²) in [6, 6.07) is 3.08. The Morgan fingerprint density at radius 2 is 2.03 bits per heavy atom. The molecule has 0 saturated carbocycles. The molecular weight excluding hydrogens is 452 g/mol. The Morgan fingerprint density at radius 3 is 2.61 bits per heavy atom. The maximum absolute atomic E-state index is 13.6. The van der Waals surface area contributed by atoms with Crippen molar-refractivity contribution in [3.8, 4) is 11.1 Å². The number of amides is 2. The molecule has 0 radical (unpaired) electrons. The van der Waals surface area contributed by atoms with Crippen LogP contribution in [0.15, 0.2) is 24.5 Å². The predicted octanol–water partition coefficient (Wildman–Crippen LogP) is 3.58. The summed E-state index contributed by atoms with van der Waals surface area (Å²) >= 11 is 0.866. The van der Waals surface area contributed by atoms with Gasteiger partial charge < -0.3 is 11.1 Å². The molecule has 0 aliphatic heterocycles. The number of aromatic nitrogens is 5. The highest BCUT2D eigenvalue weighted by molar-refractivity contribution is 7.21. The van der Waals surface area contributed by atoms with Crippen molar-refractivity contribution in [2.45, 2.75) is 33.2 Å². The van der Waals surface area contributed by atoms with Gasteiger partial charge in [0.25, 0.3) is 12.3 Å². The Balaban J connectivity index is 1.82. The summed E-state index contributed by atoms with van der Waals surface area (Å²) in [4.78, 5) is 29.2. The van der Waals surface area contributed by atoms with Crippen molar-refractivity contribution in [2.24, 2.45) is 12.8 Å². The van der Waals surface area contributed by atoms with Gasteiger partial charge in [-0.1, -0.05) is 0 Å². The third kappa shape index (κ3) is 4.33. The van der Waals surface area contributed by atoms with Crippen LogP contribution in [-0.2, 0) is 18.4 Å². The summed E-state index contributed by atoms with van der Waals surface area (Å²) in [5.41, 5.74) is 7.81. The lowest BCUT2D eigenvalue weighted by atomic mass is 10.0. The third-order valence-electron chi connectivity index (χ3n) is 5.26. The molecule has 4 aromatic heterocycles. The minimum Gasteiger partial charge on any atom is -0.365 e. The number of thiophene rings is 1. The summed E-state index contributed by atoms with van der Waals surface area (Å²) in [5, 5.41) is 11.6. The van der Waals surface area contributed by atoms with Crippen molar-refractivity contribution < 1.29 is 18.4 Å². The monoisotopic (exact) mass is 473 g/mol. The molecule has 0 aromatic carbocycles. The van der Waals surface area contributed by atoms with E-state index in [4.69, 9.17) is 5.73 Å². The van der Waals surface area contributed by atoms with E-state index in [9.17, 15) is 18.4 Å². The van der Waals surface area contributed by atoms with Crippen LogP contribution in [0.5, 0.6) is 0 Å². The van der Waals surface area contributed by atoms with E-state index in [0.29, 0.717) is 23.1 Å². The lowest BCUT2D eigenvalue weighted by Gasteiger charge is -2.11. The minimum atomic E-state index is -2.82. The molecule has 4 aromatic rings. The number of nitrogens with two attached hydrogens (primary N) is 1. The average molecular weight is 474 g/mol. The smallest absolute Gasteiger partial charge is 0.280 e. The number of pyridine rings is 1. The molecule has 12 heteroatoms. The molecule has 0 spiro atoms. The fourth-order valence-corrected chi connectivity index (χ4v) is 4.52. The van der Waals surface area contributed by atoms with Crippen LogP contribution in [0.1, 0.15) is 39.6 Å². The van der Waals surface area contributed by atoms with Crippen LogP contribution in [0.25, 0.3) is 21.3 Å². The third-order valence-corrected chi connectivity index (χ3v) is 6.36. The number of nitrogens with one attached hydrogen (secondary N) is 1. The van der Waals surface area contributed by atoms with E-state index < -0.39 is 18.0 Å². The molecule has 9 nitrogen and oxygen atoms in total. The molecule has 33 heavy (non-hydrogen) atoms. The van der Waals surface area contributed by atoms with Gasteiger partial charge in [-0.3, -0.25) is 19.0 Å². The SMILES string of the molecule is Cc1ccn(CCC(=O)Nc2c(C(N)=O)sc3nc(C(F)F)cc(-c4cnn(C)c4C)c23)n1. The van der Waals surface area contributed by atoms with Gasteiger partial charge in [0.15, 0.2) is 0 Å². The first-order chi connectivity index (χ1) is 15.7. The lowest BCUT2D eigenvalue weighted by molar-refractivity contribution is -0.116. The summed E-state index contributed by atoms with van der Waals surface area (Å²) in [6.45, 7) is 3.97. The van der Waals surface area contributed by atoms with Crippen molar-refractivity contribution in [1.82, 2.24) is 24.5 Å². The Kier molecular flexibility index (Phi) is 5.93. The fraction of sp³-hybridized carbons (Fsp3) is 0.286. The number of aryl methyl sites for hydroxylation is 3. The number of rotatable bonds is 7. The van der Waals surface area contributed by atoms with E-state index >= 15 is 0 Å². The lowest BCUT2D eigenvalue weighted by Crippen LogP contribution is -2.18. The summed E-state index contributed by atoms with van der Waals surface area (Å²) in [7, 11) is 1.73. The first-order valence-corrected chi connectivity index (χ1v) is 10.8. The molecule has 0 fully saturated rings. The van der Waals surface area contributed by atoms with Crippen LogP contribution in [0.2, 0.25) is 0 Å². The number of primary amides is 1. The zero-order valence-electron chi connectivity index (χ0n) is 18.1. The molecular formula is C21H21F2N7O2S. The second-order valence-corrected chi connectivity index (χ2v) is 8.53. The largest absolute Gasteiger partial charge is 0.365 e. The highest BCUT2D eigenvalue weighted by Gasteiger charge is 2.26. The maximum Gasteiger partial charge on any atom is 0.280 e. The van der Waals surface area contributed by atoms with Gasteiger partial charge in [0.2, 0.25) is 5.91 Å². The van der Waals surface area contributed by atoms with Gasteiger partial charge in [-0.15, -0.1) is 11.3 Å². The van der Waals surface area contributed by atoms with Crippen LogP contribution in [0.4, 0.5) is 14.5 Å². The average Bonchev–Trinajstić information content (AvgIpc) is 3.44. The molecule has 0 aliphatic carbocycles. The van der Waals surface area contributed by atoms with Crippen LogP contribution in [-0.4, -0.2) is 36.4 Å². The molecule has 0 unspecified atom stereocenters. The first-order valence-electron chi connectivity index (χ1n) is 10.00. The molecule has 4 heterocycles. The van der Waals surface area contributed by atoms with Crippen LogP contribution < -0.4 is 11.1 Å². The second kappa shape index (κ2) is 8.70. The van der Waals surface area contributed by atoms with E-state index in [1.165, 1.54) is 6.07 Å². The molecule has 0 aliphatic rings. The Hall–Kier alpha value is -3.67.